The van der Waals surface area contributed by atoms with E-state index < -0.39 is 0 Å². The number of carbonyl (C=O) groups excluding carboxylic acids is 3. The number of hydrogen-bond donors (Lipinski definition) is 0. The number of pyridine rings is 2. The van der Waals surface area contributed by atoms with E-state index in [1.807, 2.05) is 60.9 Å². The maximum absolute atomic E-state index is 9.98. The molecule has 0 spiro atoms. The van der Waals surface area contributed by atoms with E-state index >= 15 is 0 Å². The summed E-state index contributed by atoms with van der Waals surface area (Å²) in [4.78, 5) is 38.9. The SMILES string of the molecule is CC(=O)/C=C(/C)[O-].CC(=O)/C=C(/C)[O-].CC(=O)/C=C(/C)[O-].[Ir+3].c1ccc(-c2nccc3ccccc23)cc1.c1ccc(-c2nccc3ccccc23)cc1. The molecule has 0 fully saturated rings. The third kappa shape index (κ3) is 18.0. The minimum atomic E-state index is -0.187. The third-order valence-corrected chi connectivity index (χ3v) is 6.66. The van der Waals surface area contributed by atoms with Crippen LogP contribution in [0.4, 0.5) is 0 Å². The van der Waals surface area contributed by atoms with Gasteiger partial charge in [0.2, 0.25) is 0 Å². The number of allylic oxidation sites excluding steroid dienone is 6. The number of aromatic nitrogens is 2. The fourth-order valence-electron chi connectivity index (χ4n) is 4.75. The Labute approximate surface area is 330 Å². The van der Waals surface area contributed by atoms with Crippen LogP contribution in [0.3, 0.4) is 0 Å². The summed E-state index contributed by atoms with van der Waals surface area (Å²) in [6.45, 7) is 8.09. The monoisotopic (exact) mass is 900 g/mol. The molecule has 6 aromatic rings. The van der Waals surface area contributed by atoms with Crippen molar-refractivity contribution < 1.29 is 49.8 Å². The molecule has 0 aliphatic heterocycles. The molecule has 4 aromatic carbocycles. The van der Waals surface area contributed by atoms with Gasteiger partial charge in [0, 0.05) is 34.3 Å². The molecule has 2 aromatic heterocycles. The van der Waals surface area contributed by atoms with Crippen molar-refractivity contribution in [3.05, 3.63) is 169 Å². The van der Waals surface area contributed by atoms with E-state index in [0.717, 1.165) is 29.6 Å². The van der Waals surface area contributed by atoms with Gasteiger partial charge in [0.05, 0.1) is 11.4 Å². The number of rotatable bonds is 5. The standard InChI is InChI=1S/2C15H11N.3C5H8O2.Ir/c2*1-2-7-13(8-3-1)15-14-9-5-4-6-12(14)10-11-16-15;3*1-4(6)3-5(2)7;/h2*1-11H;3*3,6H,1-2H3;/q;;;;;+3/p-3/b;;3*4-3-;. The first kappa shape index (κ1) is 46.0. The van der Waals surface area contributed by atoms with Gasteiger partial charge in [-0.1, -0.05) is 130 Å². The Morgan fingerprint density at radius 2 is 0.704 bits per heavy atom. The zero-order valence-corrected chi connectivity index (χ0v) is 33.5. The van der Waals surface area contributed by atoms with Gasteiger partial charge >= 0.3 is 20.1 Å². The zero-order valence-electron chi connectivity index (χ0n) is 31.1. The Morgan fingerprint density at radius 1 is 0.426 bits per heavy atom. The summed E-state index contributed by atoms with van der Waals surface area (Å²) < 4.78 is 0. The zero-order chi connectivity index (χ0) is 39.2. The molecule has 0 unspecified atom stereocenters. The molecular weight excluding hydrogens is 857 g/mol. The van der Waals surface area contributed by atoms with Gasteiger partial charge in [0.1, 0.15) is 0 Å². The molecule has 54 heavy (non-hydrogen) atoms. The minimum Gasteiger partial charge on any atom is -0.876 e. The van der Waals surface area contributed by atoms with Gasteiger partial charge in [-0.3, -0.25) is 24.4 Å². The van der Waals surface area contributed by atoms with Gasteiger partial charge in [-0.05, 0) is 61.9 Å². The predicted octanol–water partition coefficient (Wildman–Crippen LogP) is 7.32. The number of fused-ring (bicyclic) bond motifs is 2. The van der Waals surface area contributed by atoms with Crippen LogP contribution < -0.4 is 15.3 Å². The molecule has 2 heterocycles. The van der Waals surface area contributed by atoms with Crippen molar-refractivity contribution in [3.8, 4) is 22.5 Å². The van der Waals surface area contributed by atoms with Crippen LogP contribution in [-0.4, -0.2) is 27.3 Å². The number of hydrogen-bond acceptors (Lipinski definition) is 8. The second-order valence-corrected chi connectivity index (χ2v) is 11.6. The molecule has 6 rings (SSSR count). The molecule has 0 amide bonds. The quantitative estimate of drug-likeness (QED) is 0.129. The molecule has 0 saturated carbocycles. The minimum absolute atomic E-state index is 0. The summed E-state index contributed by atoms with van der Waals surface area (Å²) >= 11 is 0. The van der Waals surface area contributed by atoms with E-state index in [9.17, 15) is 29.7 Å². The van der Waals surface area contributed by atoms with Crippen LogP contribution in [0.25, 0.3) is 44.1 Å². The smallest absolute Gasteiger partial charge is 0.876 e. The fourth-order valence-corrected chi connectivity index (χ4v) is 4.75. The maximum Gasteiger partial charge on any atom is 3.00 e. The largest absolute Gasteiger partial charge is 3.00 e. The second-order valence-electron chi connectivity index (χ2n) is 11.6. The molecule has 0 N–H and O–H groups in total. The van der Waals surface area contributed by atoms with Gasteiger partial charge < -0.3 is 15.3 Å². The number of carbonyl (C=O) groups is 3. The summed E-state index contributed by atoms with van der Waals surface area (Å²) in [7, 11) is 0. The normalized spacial score (nSPS) is 10.7. The summed E-state index contributed by atoms with van der Waals surface area (Å²) in [5.74, 6) is -1.12. The molecule has 0 atom stereocenters. The van der Waals surface area contributed by atoms with E-state index in [2.05, 4.69) is 82.8 Å². The van der Waals surface area contributed by atoms with Crippen LogP contribution in [0.15, 0.2) is 169 Å². The Bertz CT molecular complexity index is 1980. The van der Waals surface area contributed by atoms with Crippen molar-refractivity contribution in [3.63, 3.8) is 0 Å². The first-order chi connectivity index (χ1) is 25.3. The topological polar surface area (TPSA) is 146 Å². The number of benzene rings is 4. The summed E-state index contributed by atoms with van der Waals surface area (Å²) in [5.41, 5.74) is 4.44. The molecule has 0 saturated heterocycles. The molecule has 9 heteroatoms. The fraction of sp³-hybridized carbons (Fsp3) is 0.133. The average Bonchev–Trinajstić information content (AvgIpc) is 3.11. The Morgan fingerprint density at radius 3 is 0.963 bits per heavy atom. The molecule has 0 bridgehead atoms. The van der Waals surface area contributed by atoms with E-state index in [-0.39, 0.29) is 54.7 Å². The van der Waals surface area contributed by atoms with Crippen LogP contribution >= 0.6 is 0 Å². The van der Waals surface area contributed by atoms with Crippen LogP contribution in [0.1, 0.15) is 41.5 Å². The summed E-state index contributed by atoms with van der Waals surface area (Å²) in [5, 5.41) is 34.8. The van der Waals surface area contributed by atoms with E-state index in [1.54, 1.807) is 0 Å². The van der Waals surface area contributed by atoms with E-state index in [0.29, 0.717) is 0 Å². The van der Waals surface area contributed by atoms with Crippen LogP contribution in [0.5, 0.6) is 0 Å². The number of ketones is 3. The van der Waals surface area contributed by atoms with Gasteiger partial charge in [-0.2, -0.15) is 0 Å². The van der Waals surface area contributed by atoms with Gasteiger partial charge in [-0.25, -0.2) is 0 Å². The maximum atomic E-state index is 9.98. The van der Waals surface area contributed by atoms with Crippen LogP contribution in [0, 0.1) is 0 Å². The molecule has 278 valence electrons. The molecule has 8 nitrogen and oxygen atoms in total. The van der Waals surface area contributed by atoms with Crippen molar-refractivity contribution in [1.29, 1.82) is 0 Å². The molecular formula is C45H43IrN2O6. The van der Waals surface area contributed by atoms with E-state index in [1.165, 1.54) is 74.2 Å². The average molecular weight is 900 g/mol. The van der Waals surface area contributed by atoms with Gasteiger partial charge in [0.15, 0.2) is 17.3 Å². The Balaban J connectivity index is 0.000000359. The van der Waals surface area contributed by atoms with Gasteiger partial charge in [0.25, 0.3) is 0 Å². The molecule has 0 aliphatic carbocycles. The first-order valence-corrected chi connectivity index (χ1v) is 16.6. The first-order valence-electron chi connectivity index (χ1n) is 16.6. The Hall–Kier alpha value is -6.02. The van der Waals surface area contributed by atoms with Crippen molar-refractivity contribution >= 4 is 38.9 Å². The molecule has 0 radical (unpaired) electrons. The second kappa shape index (κ2) is 25.0. The predicted molar refractivity (Wildman–Crippen MR) is 208 cm³/mol. The van der Waals surface area contributed by atoms with Crippen molar-refractivity contribution in [1.82, 2.24) is 9.97 Å². The summed E-state index contributed by atoms with van der Waals surface area (Å²) in [6, 6.07) is 41.3. The van der Waals surface area contributed by atoms with Gasteiger partial charge in [-0.15, -0.1) is 17.3 Å². The Kier molecular flexibility index (Phi) is 21.3. The van der Waals surface area contributed by atoms with Crippen molar-refractivity contribution in [2.75, 3.05) is 0 Å². The van der Waals surface area contributed by atoms with Crippen LogP contribution in [-0.2, 0) is 34.5 Å². The van der Waals surface area contributed by atoms with Crippen molar-refractivity contribution in [2.24, 2.45) is 0 Å². The third-order valence-electron chi connectivity index (χ3n) is 6.66. The molecule has 0 aliphatic rings. The summed E-state index contributed by atoms with van der Waals surface area (Å²) in [6.07, 6.45) is 6.90. The van der Waals surface area contributed by atoms with Crippen molar-refractivity contribution in [2.45, 2.75) is 41.5 Å². The van der Waals surface area contributed by atoms with E-state index in [4.69, 9.17) is 0 Å². The van der Waals surface area contributed by atoms with Crippen LogP contribution in [0.2, 0.25) is 0 Å². The number of nitrogens with zero attached hydrogens (tertiary/aromatic N) is 2.